The quantitative estimate of drug-likeness (QED) is 0.233. The first-order valence-corrected chi connectivity index (χ1v) is 22.0. The molecule has 6 rings (SSSR count). The number of amides is 6. The first kappa shape index (κ1) is 45.2. The maximum absolute atomic E-state index is 14.6. The number of carbonyl (C=O) groups excluding carboxylic acids is 7. The number of likely N-dealkylation sites (N-methyl/N-ethyl adjacent to an activating group) is 1. The molecule has 15 nitrogen and oxygen atoms in total. The van der Waals surface area contributed by atoms with Gasteiger partial charge in [-0.25, -0.2) is 0 Å². The summed E-state index contributed by atoms with van der Waals surface area (Å²) < 4.78 is 12.2. The fraction of sp³-hybridized carbons (Fsp3) is 0.587. The lowest BCUT2D eigenvalue weighted by atomic mass is 9.83. The molecular weight excluding hydrogens is 781 g/mol. The molecule has 1 saturated heterocycles. The third kappa shape index (κ3) is 12.0. The fourth-order valence-electron chi connectivity index (χ4n) is 9.18. The molecule has 1 unspecified atom stereocenters. The minimum Gasteiger partial charge on any atom is -0.494 e. The van der Waals surface area contributed by atoms with E-state index in [-0.39, 0.29) is 55.4 Å². The van der Waals surface area contributed by atoms with Gasteiger partial charge in [-0.3, -0.25) is 33.6 Å². The summed E-state index contributed by atoms with van der Waals surface area (Å²) in [5.74, 6) is -3.80. The Kier molecular flexibility index (Phi) is 15.9. The van der Waals surface area contributed by atoms with E-state index in [2.05, 4.69) is 21.3 Å². The first-order valence-electron chi connectivity index (χ1n) is 22.0. The molecule has 4 bridgehead atoms. The highest BCUT2D eigenvalue weighted by molar-refractivity contribution is 6.38. The van der Waals surface area contributed by atoms with Crippen LogP contribution in [0.3, 0.4) is 0 Å². The van der Waals surface area contributed by atoms with Gasteiger partial charge < -0.3 is 40.5 Å². The van der Waals surface area contributed by atoms with Gasteiger partial charge in [0.25, 0.3) is 5.91 Å². The average molecular weight is 843 g/mol. The highest BCUT2D eigenvalue weighted by atomic mass is 16.5. The lowest BCUT2D eigenvalue weighted by Gasteiger charge is -2.35. The molecule has 15 heteroatoms. The number of hydrogen-bond donors (Lipinski definition) is 4. The molecule has 2 aliphatic heterocycles. The van der Waals surface area contributed by atoms with E-state index in [4.69, 9.17) is 9.47 Å². The van der Waals surface area contributed by atoms with Gasteiger partial charge in [-0.05, 0) is 85.6 Å². The second-order valence-corrected chi connectivity index (χ2v) is 17.2. The van der Waals surface area contributed by atoms with Crippen molar-refractivity contribution in [2.45, 2.75) is 121 Å². The third-order valence-corrected chi connectivity index (χ3v) is 12.4. The van der Waals surface area contributed by atoms with Gasteiger partial charge in [-0.2, -0.15) is 0 Å². The summed E-state index contributed by atoms with van der Waals surface area (Å²) in [5, 5.41) is 11.0. The van der Waals surface area contributed by atoms with Gasteiger partial charge in [0.1, 0.15) is 23.9 Å². The van der Waals surface area contributed by atoms with Crippen LogP contribution < -0.4 is 26.0 Å². The maximum atomic E-state index is 14.6. The van der Waals surface area contributed by atoms with E-state index in [0.717, 1.165) is 48.8 Å². The molecule has 0 radical (unpaired) electrons. The molecule has 5 atom stereocenters. The van der Waals surface area contributed by atoms with Crippen LogP contribution in [-0.2, 0) is 57.6 Å². The molecule has 1 saturated carbocycles. The maximum Gasteiger partial charge on any atom is 0.290 e. The number of hydrogen-bond acceptors (Lipinski definition) is 9. The Morgan fingerprint density at radius 1 is 0.902 bits per heavy atom. The Balaban J connectivity index is 1.12. The molecule has 2 aromatic rings. The van der Waals surface area contributed by atoms with Crippen LogP contribution in [0.4, 0.5) is 0 Å². The molecule has 2 aromatic carbocycles. The normalized spacial score (nSPS) is 22.4. The van der Waals surface area contributed by atoms with E-state index in [1.54, 1.807) is 14.1 Å². The molecule has 2 fully saturated rings. The van der Waals surface area contributed by atoms with Gasteiger partial charge in [0.05, 0.1) is 31.7 Å². The van der Waals surface area contributed by atoms with Crippen LogP contribution in [0.1, 0.15) is 87.8 Å². The molecule has 0 aromatic heterocycles. The monoisotopic (exact) mass is 842 g/mol. The molecule has 61 heavy (non-hydrogen) atoms. The van der Waals surface area contributed by atoms with Gasteiger partial charge >= 0.3 is 0 Å². The van der Waals surface area contributed by atoms with E-state index in [9.17, 15) is 33.6 Å². The van der Waals surface area contributed by atoms with Crippen molar-refractivity contribution < 1.29 is 43.0 Å². The average Bonchev–Trinajstić information content (AvgIpc) is 3.89. The lowest BCUT2D eigenvalue weighted by molar-refractivity contribution is -0.144. The number of ether oxygens (including phenoxy) is 2. The zero-order valence-electron chi connectivity index (χ0n) is 35.7. The van der Waals surface area contributed by atoms with E-state index in [1.165, 1.54) is 9.80 Å². The van der Waals surface area contributed by atoms with Crippen LogP contribution >= 0.6 is 0 Å². The van der Waals surface area contributed by atoms with Crippen molar-refractivity contribution in [3.8, 4) is 5.75 Å². The fourth-order valence-corrected chi connectivity index (χ4v) is 9.18. The number of Topliss-reactive ketones (excluding diaryl/α,β-unsaturated/α-hetero) is 1. The summed E-state index contributed by atoms with van der Waals surface area (Å²) in [4.78, 5) is 98.7. The number of carbonyl (C=O) groups is 7. The Labute approximate surface area is 358 Å². The summed E-state index contributed by atoms with van der Waals surface area (Å²) in [6, 6.07) is 11.3. The minimum absolute atomic E-state index is 0.0536. The number of fused-ring (bicyclic) bond motifs is 5. The third-order valence-electron chi connectivity index (χ3n) is 12.4. The second-order valence-electron chi connectivity index (χ2n) is 17.2. The highest BCUT2D eigenvalue weighted by Crippen LogP contribution is 2.31. The van der Waals surface area contributed by atoms with Gasteiger partial charge in [0.2, 0.25) is 35.3 Å². The van der Waals surface area contributed by atoms with Crippen molar-refractivity contribution in [1.29, 1.82) is 0 Å². The van der Waals surface area contributed by atoms with Crippen molar-refractivity contribution in [3.63, 3.8) is 0 Å². The summed E-state index contributed by atoms with van der Waals surface area (Å²) in [6.07, 6.45) is 7.36. The predicted octanol–water partition coefficient (Wildman–Crippen LogP) is 2.41. The van der Waals surface area contributed by atoms with Crippen LogP contribution in [0.15, 0.2) is 48.5 Å². The first-order chi connectivity index (χ1) is 29.4. The van der Waals surface area contributed by atoms with Crippen LogP contribution in [-0.4, -0.2) is 122 Å². The number of nitrogens with one attached hydrogen (secondary N) is 4. The van der Waals surface area contributed by atoms with E-state index >= 15 is 0 Å². The van der Waals surface area contributed by atoms with Crippen LogP contribution in [0, 0.1) is 11.8 Å². The number of nitrogens with zero attached hydrogens (tertiary/aromatic N) is 2. The Bertz CT molecular complexity index is 1890. The molecule has 6 amide bonds. The molecule has 4 N–H and O–H groups in total. The second kappa shape index (κ2) is 21.5. The lowest BCUT2D eigenvalue weighted by Crippen LogP contribution is -2.58. The van der Waals surface area contributed by atoms with Crippen LogP contribution in [0.2, 0.25) is 0 Å². The standard InChI is InChI=1S/C46H62N6O9/c1-4-13-36(42(55)44(57)47-27-39(54)50-41(45(58)51(2)3)33-24-31-17-8-9-18-32(31)25-33)48-43(56)37-26-35-28-52(37)46(59)40(30-15-6-5-7-16-30)49-38(53)23-29-14-12-19-34(22-29)60-20-10-11-21-61-35/h8-9,12,14,17-19,22,30,33,35-37,40-41H,4-7,10-11,13,15-16,20-21,23-28H2,1-3H3,(H,47,57)(H,48,56)(H,49,53)(H,50,54)/t35-,36-,37?,40+,41+/m1/s1. The van der Waals surface area contributed by atoms with Crippen molar-refractivity contribution in [2.24, 2.45) is 11.8 Å². The molecule has 4 aliphatic rings. The van der Waals surface area contributed by atoms with Crippen LogP contribution in [0.5, 0.6) is 5.75 Å². The molecule has 0 spiro atoms. The molecule has 2 aliphatic carbocycles. The van der Waals surface area contributed by atoms with Gasteiger partial charge in [-0.15, -0.1) is 0 Å². The summed E-state index contributed by atoms with van der Waals surface area (Å²) in [5.41, 5.74) is 2.99. The largest absolute Gasteiger partial charge is 0.494 e. The summed E-state index contributed by atoms with van der Waals surface area (Å²) >= 11 is 0. The molecule has 2 heterocycles. The molecule has 330 valence electrons. The minimum atomic E-state index is -1.23. The summed E-state index contributed by atoms with van der Waals surface area (Å²) in [6.45, 7) is 2.23. The van der Waals surface area contributed by atoms with Crippen molar-refractivity contribution in [1.82, 2.24) is 31.1 Å². The number of rotatable bonds is 12. The number of ketones is 1. The van der Waals surface area contributed by atoms with E-state index < -0.39 is 60.3 Å². The Morgan fingerprint density at radius 2 is 1.62 bits per heavy atom. The van der Waals surface area contributed by atoms with Crippen molar-refractivity contribution >= 4 is 41.2 Å². The van der Waals surface area contributed by atoms with Crippen molar-refractivity contribution in [2.75, 3.05) is 40.4 Å². The highest BCUT2D eigenvalue weighted by Gasteiger charge is 2.45. The van der Waals surface area contributed by atoms with Gasteiger partial charge in [-0.1, -0.05) is 69.0 Å². The SMILES string of the molecule is CCC[C@@H](NC(=O)C1C[C@@H]2CN1C(=O)[C@H](C1CCCCC1)NC(=O)Cc1cccc(c1)OCCCCO2)C(=O)C(=O)NCC(=O)N[C@H](C(=O)N(C)C)C1Cc2ccccc2C1. The Hall–Kier alpha value is -5.31. The Morgan fingerprint density at radius 3 is 2.33 bits per heavy atom. The van der Waals surface area contributed by atoms with Crippen LogP contribution in [0.25, 0.3) is 0 Å². The number of benzene rings is 2. The van der Waals surface area contributed by atoms with E-state index in [0.29, 0.717) is 51.1 Å². The predicted molar refractivity (Wildman–Crippen MR) is 226 cm³/mol. The molecular formula is C46H62N6O9. The zero-order valence-corrected chi connectivity index (χ0v) is 35.7. The zero-order chi connectivity index (χ0) is 43.5. The summed E-state index contributed by atoms with van der Waals surface area (Å²) in [7, 11) is 3.23. The van der Waals surface area contributed by atoms with Crippen molar-refractivity contribution in [3.05, 3.63) is 65.2 Å². The van der Waals surface area contributed by atoms with Gasteiger partial charge in [0.15, 0.2) is 0 Å². The van der Waals surface area contributed by atoms with E-state index in [1.807, 2.05) is 55.5 Å². The van der Waals surface area contributed by atoms with Gasteiger partial charge in [0, 0.05) is 33.7 Å². The topological polar surface area (TPSA) is 193 Å². The smallest absolute Gasteiger partial charge is 0.290 e.